The lowest BCUT2D eigenvalue weighted by Gasteiger charge is -2.18. The van der Waals surface area contributed by atoms with Gasteiger partial charge >= 0.3 is 17.9 Å². The van der Waals surface area contributed by atoms with Gasteiger partial charge in [-0.25, -0.2) is 0 Å². The highest BCUT2D eigenvalue weighted by molar-refractivity contribution is 5.71. The highest BCUT2D eigenvalue weighted by atomic mass is 16.6. The SMILES string of the molecule is CC/C=C\C/C=C\C/C=C\C/C=C\C/C=C\C/C=C\CCCCCCC(=O)OCC(COC(=O)CCCCCCC/C=C\C/C=C\CCC)OC(=O)CCCCCCCCCCC/C=C\C/C=C\CCCCC. The van der Waals surface area contributed by atoms with Crippen LogP contribution in [0, 0.1) is 0 Å². The van der Waals surface area contributed by atoms with Gasteiger partial charge in [-0.1, -0.05) is 239 Å². The molecular formula is C67H110O6. The van der Waals surface area contributed by atoms with E-state index in [1.165, 1.54) is 77.0 Å². The normalized spacial score (nSPS) is 13.0. The number of hydrogen-bond acceptors (Lipinski definition) is 6. The Labute approximate surface area is 450 Å². The van der Waals surface area contributed by atoms with Gasteiger partial charge in [0.15, 0.2) is 6.10 Å². The molecule has 0 N–H and O–H groups in total. The first-order chi connectivity index (χ1) is 36.0. The molecule has 0 spiro atoms. The van der Waals surface area contributed by atoms with Gasteiger partial charge in [0.25, 0.3) is 0 Å². The second kappa shape index (κ2) is 60.4. The van der Waals surface area contributed by atoms with Crippen molar-refractivity contribution in [2.45, 2.75) is 271 Å². The van der Waals surface area contributed by atoms with E-state index in [9.17, 15) is 14.4 Å². The van der Waals surface area contributed by atoms with Crippen molar-refractivity contribution in [1.82, 2.24) is 0 Å². The van der Waals surface area contributed by atoms with Gasteiger partial charge in [0.1, 0.15) is 13.2 Å². The average Bonchev–Trinajstić information content (AvgIpc) is 3.39. The van der Waals surface area contributed by atoms with Crippen LogP contribution in [0.3, 0.4) is 0 Å². The second-order valence-electron chi connectivity index (χ2n) is 19.5. The molecule has 0 aliphatic heterocycles. The van der Waals surface area contributed by atoms with Crippen LogP contribution in [-0.4, -0.2) is 37.2 Å². The molecule has 6 nitrogen and oxygen atoms in total. The van der Waals surface area contributed by atoms with Gasteiger partial charge in [-0.15, -0.1) is 0 Å². The monoisotopic (exact) mass is 1010 g/mol. The van der Waals surface area contributed by atoms with Crippen molar-refractivity contribution in [1.29, 1.82) is 0 Å². The van der Waals surface area contributed by atoms with Gasteiger partial charge in [0, 0.05) is 19.3 Å². The van der Waals surface area contributed by atoms with E-state index >= 15 is 0 Å². The molecule has 0 saturated heterocycles. The highest BCUT2D eigenvalue weighted by Crippen LogP contribution is 2.14. The smallest absolute Gasteiger partial charge is 0.306 e. The number of unbranched alkanes of at least 4 members (excludes halogenated alkanes) is 22. The molecule has 0 saturated carbocycles. The molecule has 6 heteroatoms. The third-order valence-electron chi connectivity index (χ3n) is 12.4. The molecule has 73 heavy (non-hydrogen) atoms. The molecular weight excluding hydrogens is 901 g/mol. The van der Waals surface area contributed by atoms with Gasteiger partial charge in [-0.3, -0.25) is 14.4 Å². The molecule has 0 bridgehead atoms. The van der Waals surface area contributed by atoms with Crippen molar-refractivity contribution >= 4 is 17.9 Å². The molecule has 0 aromatic heterocycles. The van der Waals surface area contributed by atoms with Crippen molar-refractivity contribution < 1.29 is 28.6 Å². The molecule has 0 aromatic rings. The second-order valence-corrected chi connectivity index (χ2v) is 19.5. The fourth-order valence-electron chi connectivity index (χ4n) is 7.92. The molecule has 0 amide bonds. The average molecular weight is 1010 g/mol. The summed E-state index contributed by atoms with van der Waals surface area (Å²) >= 11 is 0. The first-order valence-electron chi connectivity index (χ1n) is 30.0. The Morgan fingerprint density at radius 1 is 0.288 bits per heavy atom. The topological polar surface area (TPSA) is 78.9 Å². The lowest BCUT2D eigenvalue weighted by Crippen LogP contribution is -2.30. The third-order valence-corrected chi connectivity index (χ3v) is 12.4. The van der Waals surface area contributed by atoms with Crippen LogP contribution in [0.1, 0.15) is 265 Å². The van der Waals surface area contributed by atoms with E-state index in [2.05, 4.69) is 142 Å². The third kappa shape index (κ3) is 58.6. The lowest BCUT2D eigenvalue weighted by molar-refractivity contribution is -0.167. The minimum absolute atomic E-state index is 0.0980. The van der Waals surface area contributed by atoms with Crippen molar-refractivity contribution in [3.63, 3.8) is 0 Å². The van der Waals surface area contributed by atoms with E-state index in [1.54, 1.807) is 0 Å². The van der Waals surface area contributed by atoms with Gasteiger partial charge in [0.05, 0.1) is 0 Å². The zero-order chi connectivity index (χ0) is 52.9. The predicted molar refractivity (Wildman–Crippen MR) is 316 cm³/mol. The number of hydrogen-bond donors (Lipinski definition) is 0. The summed E-state index contributed by atoms with van der Waals surface area (Å²) in [4.78, 5) is 38.2. The Hall–Kier alpha value is -4.19. The molecule has 0 aliphatic rings. The van der Waals surface area contributed by atoms with E-state index < -0.39 is 6.10 Å². The van der Waals surface area contributed by atoms with Crippen molar-refractivity contribution in [2.24, 2.45) is 0 Å². The van der Waals surface area contributed by atoms with E-state index in [1.807, 2.05) is 0 Å². The Balaban J connectivity index is 4.44. The van der Waals surface area contributed by atoms with Gasteiger partial charge < -0.3 is 14.2 Å². The Bertz CT molecular complexity index is 1540. The number of allylic oxidation sites excluding steroid dienone is 20. The number of carbonyl (C=O) groups excluding carboxylic acids is 3. The summed E-state index contributed by atoms with van der Waals surface area (Å²) in [6.07, 6.45) is 83.3. The predicted octanol–water partition coefficient (Wildman–Crippen LogP) is 20.4. The molecule has 414 valence electrons. The van der Waals surface area contributed by atoms with Crippen LogP contribution in [0.15, 0.2) is 122 Å². The highest BCUT2D eigenvalue weighted by Gasteiger charge is 2.19. The van der Waals surface area contributed by atoms with E-state index in [-0.39, 0.29) is 31.1 Å². The maximum atomic E-state index is 12.9. The molecule has 0 aromatic carbocycles. The summed E-state index contributed by atoms with van der Waals surface area (Å²) in [6, 6.07) is 0. The zero-order valence-electron chi connectivity index (χ0n) is 47.4. The van der Waals surface area contributed by atoms with Crippen molar-refractivity contribution in [3.8, 4) is 0 Å². The lowest BCUT2D eigenvalue weighted by atomic mass is 10.1. The number of carbonyl (C=O) groups is 3. The first-order valence-corrected chi connectivity index (χ1v) is 30.0. The van der Waals surface area contributed by atoms with Crippen LogP contribution >= 0.6 is 0 Å². The first kappa shape index (κ1) is 68.8. The van der Waals surface area contributed by atoms with Gasteiger partial charge in [-0.2, -0.15) is 0 Å². The molecule has 1 atom stereocenters. The van der Waals surface area contributed by atoms with Crippen LogP contribution in [0.4, 0.5) is 0 Å². The van der Waals surface area contributed by atoms with Gasteiger partial charge in [0.2, 0.25) is 0 Å². The fourth-order valence-corrected chi connectivity index (χ4v) is 7.92. The molecule has 0 heterocycles. The van der Waals surface area contributed by atoms with Crippen LogP contribution < -0.4 is 0 Å². The quantitative estimate of drug-likeness (QED) is 0.0261. The summed E-state index contributed by atoms with van der Waals surface area (Å²) in [5.41, 5.74) is 0. The van der Waals surface area contributed by atoms with Crippen LogP contribution in [-0.2, 0) is 28.6 Å². The van der Waals surface area contributed by atoms with E-state index in [0.717, 1.165) is 148 Å². The maximum Gasteiger partial charge on any atom is 0.306 e. The molecule has 0 radical (unpaired) electrons. The van der Waals surface area contributed by atoms with Crippen molar-refractivity contribution in [3.05, 3.63) is 122 Å². The number of esters is 3. The largest absolute Gasteiger partial charge is 0.462 e. The number of ether oxygens (including phenoxy) is 3. The van der Waals surface area contributed by atoms with E-state index in [0.29, 0.717) is 19.3 Å². The van der Waals surface area contributed by atoms with Crippen molar-refractivity contribution in [2.75, 3.05) is 13.2 Å². The standard InChI is InChI=1S/C67H110O6/c1-4-7-10-13-16-19-22-25-27-29-31-32-33-34-36-37-39-42-45-48-51-54-57-60-66(69)72-63-64(62-71-65(68)59-56-53-50-47-44-41-24-21-18-15-12-9-6-3)73-67(70)61-58-55-52-49-46-43-40-38-35-30-28-26-23-20-17-14-11-8-5-2/h7,10,12,15-17,19-21,24-28,31-32,34,36,39,42,64H,4-6,8-9,11,13-14,18,22-23,29-30,33,35,37-38,40-41,43-63H2,1-3H3/b10-7-,15-12-,19-16-,20-17-,24-21-,27-25-,28-26-,32-31-,36-34-,42-39-. The summed E-state index contributed by atoms with van der Waals surface area (Å²) in [5, 5.41) is 0. The Morgan fingerprint density at radius 2 is 0.562 bits per heavy atom. The molecule has 0 rings (SSSR count). The van der Waals surface area contributed by atoms with E-state index in [4.69, 9.17) is 14.2 Å². The molecule has 0 aliphatic carbocycles. The van der Waals surface area contributed by atoms with Crippen LogP contribution in [0.2, 0.25) is 0 Å². The minimum Gasteiger partial charge on any atom is -0.462 e. The molecule has 0 fully saturated rings. The minimum atomic E-state index is -0.801. The van der Waals surface area contributed by atoms with Crippen LogP contribution in [0.25, 0.3) is 0 Å². The maximum absolute atomic E-state index is 12.9. The van der Waals surface area contributed by atoms with Gasteiger partial charge in [-0.05, 0) is 128 Å². The Morgan fingerprint density at radius 3 is 0.890 bits per heavy atom. The zero-order valence-corrected chi connectivity index (χ0v) is 47.4. The Kier molecular flexibility index (Phi) is 56.9. The summed E-state index contributed by atoms with van der Waals surface area (Å²) in [5.74, 6) is -0.940. The summed E-state index contributed by atoms with van der Waals surface area (Å²) in [6.45, 7) is 6.40. The summed E-state index contributed by atoms with van der Waals surface area (Å²) in [7, 11) is 0. The van der Waals surface area contributed by atoms with Crippen LogP contribution in [0.5, 0.6) is 0 Å². The fraction of sp³-hybridized carbons (Fsp3) is 0.657. The summed E-state index contributed by atoms with van der Waals surface area (Å²) < 4.78 is 16.9. The number of rotatable bonds is 53. The molecule has 1 unspecified atom stereocenters.